The van der Waals surface area contributed by atoms with Crippen LogP contribution in [0.25, 0.3) is 0 Å². The summed E-state index contributed by atoms with van der Waals surface area (Å²) in [6.07, 6.45) is 1.49. The highest BCUT2D eigenvalue weighted by Crippen LogP contribution is 2.24. The van der Waals surface area contributed by atoms with Crippen molar-refractivity contribution in [2.75, 3.05) is 38.2 Å². The quantitative estimate of drug-likeness (QED) is 0.537. The molecular weight excluding hydrogens is 336 g/mol. The van der Waals surface area contributed by atoms with Crippen LogP contribution in [-0.4, -0.2) is 44.2 Å². The molecule has 0 aliphatic heterocycles. The van der Waals surface area contributed by atoms with Crippen LogP contribution in [0.15, 0.2) is 60.7 Å². The Balaban J connectivity index is 1.95. The van der Waals surface area contributed by atoms with E-state index in [1.807, 2.05) is 12.1 Å². The van der Waals surface area contributed by atoms with E-state index in [0.717, 1.165) is 32.6 Å². The van der Waals surface area contributed by atoms with Gasteiger partial charge in [0.2, 0.25) is 0 Å². The maximum absolute atomic E-state index is 11.4. The summed E-state index contributed by atoms with van der Waals surface area (Å²) in [6.45, 7) is 8.21. The van der Waals surface area contributed by atoms with E-state index in [4.69, 9.17) is 4.74 Å². The third kappa shape index (κ3) is 7.06. The van der Waals surface area contributed by atoms with Gasteiger partial charge in [0.05, 0.1) is 7.11 Å². The third-order valence-corrected chi connectivity index (χ3v) is 4.90. The van der Waals surface area contributed by atoms with E-state index in [9.17, 15) is 4.79 Å². The Labute approximate surface area is 163 Å². The lowest BCUT2D eigenvalue weighted by Gasteiger charge is -2.29. The van der Waals surface area contributed by atoms with Crippen LogP contribution in [0.5, 0.6) is 0 Å². The summed E-state index contributed by atoms with van der Waals surface area (Å²) in [5.41, 5.74) is 2.41. The van der Waals surface area contributed by atoms with E-state index >= 15 is 0 Å². The Kier molecular flexibility index (Phi) is 8.85. The highest BCUT2D eigenvalue weighted by molar-refractivity contribution is 5.69. The second-order valence-electron chi connectivity index (χ2n) is 6.93. The minimum absolute atomic E-state index is 0.120. The molecule has 0 N–H and O–H groups in total. The van der Waals surface area contributed by atoms with E-state index < -0.39 is 0 Å². The molecule has 1 atom stereocenters. The molecular formula is C23H32N2O2. The first-order chi connectivity index (χ1) is 13.1. The predicted molar refractivity (Wildman–Crippen MR) is 112 cm³/mol. The van der Waals surface area contributed by atoms with Gasteiger partial charge in [-0.2, -0.15) is 0 Å². The Morgan fingerprint density at radius 3 is 1.96 bits per heavy atom. The molecule has 146 valence electrons. The monoisotopic (exact) mass is 368 g/mol. The molecule has 0 bridgehead atoms. The number of hydrogen-bond acceptors (Lipinski definition) is 4. The number of anilines is 2. The predicted octanol–water partition coefficient (Wildman–Crippen LogP) is 4.74. The second-order valence-corrected chi connectivity index (χ2v) is 6.93. The Bertz CT molecular complexity index is 621. The molecule has 0 heterocycles. The van der Waals surface area contributed by atoms with Crippen LogP contribution in [0.1, 0.15) is 26.7 Å². The van der Waals surface area contributed by atoms with Crippen molar-refractivity contribution in [1.29, 1.82) is 0 Å². The van der Waals surface area contributed by atoms with E-state index in [0.29, 0.717) is 12.3 Å². The van der Waals surface area contributed by atoms with Crippen LogP contribution in [-0.2, 0) is 9.53 Å². The topological polar surface area (TPSA) is 32.8 Å². The molecule has 0 spiro atoms. The van der Waals surface area contributed by atoms with Gasteiger partial charge in [0.25, 0.3) is 0 Å². The van der Waals surface area contributed by atoms with E-state index in [1.165, 1.54) is 18.5 Å². The van der Waals surface area contributed by atoms with Gasteiger partial charge in [-0.15, -0.1) is 0 Å². The normalized spacial score (nSPS) is 12.0. The number of likely N-dealkylation sites (N-methyl/N-ethyl adjacent to an activating group) is 1. The molecule has 0 aliphatic carbocycles. The van der Waals surface area contributed by atoms with Crippen molar-refractivity contribution in [3.05, 3.63) is 60.7 Å². The van der Waals surface area contributed by atoms with Crippen LogP contribution in [0.2, 0.25) is 0 Å². The number of rotatable bonds is 11. The van der Waals surface area contributed by atoms with Crippen LogP contribution in [0.3, 0.4) is 0 Å². The maximum atomic E-state index is 11.4. The number of esters is 1. The Morgan fingerprint density at radius 1 is 0.926 bits per heavy atom. The molecule has 0 saturated heterocycles. The smallest absolute Gasteiger partial charge is 0.305 e. The summed E-state index contributed by atoms with van der Waals surface area (Å²) >= 11 is 0. The van der Waals surface area contributed by atoms with Crippen molar-refractivity contribution in [3.8, 4) is 0 Å². The van der Waals surface area contributed by atoms with E-state index in [2.05, 4.69) is 72.2 Å². The van der Waals surface area contributed by atoms with Crippen molar-refractivity contribution in [3.63, 3.8) is 0 Å². The first-order valence-corrected chi connectivity index (χ1v) is 9.80. The van der Waals surface area contributed by atoms with Gasteiger partial charge in [0, 0.05) is 30.9 Å². The van der Waals surface area contributed by atoms with Crippen molar-refractivity contribution >= 4 is 17.3 Å². The standard InChI is InChI=1S/C23H32N2O2/c1-4-24(16-15-20(2)19-23(26)27-3)17-18-25(21-11-7-5-8-12-21)22-13-9-6-10-14-22/h5-14,20H,4,15-19H2,1-3H3. The summed E-state index contributed by atoms with van der Waals surface area (Å²) in [7, 11) is 1.45. The molecule has 2 aromatic carbocycles. The number of benzene rings is 2. The SMILES string of the molecule is CCN(CCC(C)CC(=O)OC)CCN(c1ccccc1)c1ccccc1. The van der Waals surface area contributed by atoms with E-state index in [1.54, 1.807) is 0 Å². The Hall–Kier alpha value is -2.33. The number of carbonyl (C=O) groups is 1. The zero-order valence-corrected chi connectivity index (χ0v) is 16.8. The Morgan fingerprint density at radius 2 is 1.48 bits per heavy atom. The van der Waals surface area contributed by atoms with Crippen molar-refractivity contribution in [2.45, 2.75) is 26.7 Å². The maximum Gasteiger partial charge on any atom is 0.305 e. The fourth-order valence-electron chi connectivity index (χ4n) is 3.17. The second kappa shape index (κ2) is 11.4. The summed E-state index contributed by atoms with van der Waals surface area (Å²) in [5.74, 6) is 0.218. The first-order valence-electron chi connectivity index (χ1n) is 9.80. The molecule has 1 unspecified atom stereocenters. The van der Waals surface area contributed by atoms with Crippen LogP contribution in [0, 0.1) is 5.92 Å². The number of carbonyl (C=O) groups excluding carboxylic acids is 1. The highest BCUT2D eigenvalue weighted by atomic mass is 16.5. The van der Waals surface area contributed by atoms with Gasteiger partial charge < -0.3 is 14.5 Å². The van der Waals surface area contributed by atoms with Gasteiger partial charge in [-0.3, -0.25) is 4.79 Å². The van der Waals surface area contributed by atoms with Gasteiger partial charge in [0.1, 0.15) is 0 Å². The lowest BCUT2D eigenvalue weighted by molar-refractivity contribution is -0.141. The number of methoxy groups -OCH3 is 1. The van der Waals surface area contributed by atoms with Crippen molar-refractivity contribution in [1.82, 2.24) is 4.90 Å². The zero-order chi connectivity index (χ0) is 19.5. The average Bonchev–Trinajstić information content (AvgIpc) is 2.71. The van der Waals surface area contributed by atoms with Gasteiger partial charge in [-0.25, -0.2) is 0 Å². The number of nitrogens with zero attached hydrogens (tertiary/aromatic N) is 2. The molecule has 2 rings (SSSR count). The molecule has 27 heavy (non-hydrogen) atoms. The van der Waals surface area contributed by atoms with Crippen LogP contribution >= 0.6 is 0 Å². The minimum Gasteiger partial charge on any atom is -0.469 e. The third-order valence-electron chi connectivity index (χ3n) is 4.90. The average molecular weight is 369 g/mol. The molecule has 0 saturated carbocycles. The van der Waals surface area contributed by atoms with Gasteiger partial charge in [-0.05, 0) is 49.7 Å². The number of ether oxygens (including phenoxy) is 1. The van der Waals surface area contributed by atoms with Gasteiger partial charge in [-0.1, -0.05) is 50.2 Å². The van der Waals surface area contributed by atoms with Crippen LogP contribution < -0.4 is 4.90 Å². The van der Waals surface area contributed by atoms with Gasteiger partial charge in [0.15, 0.2) is 0 Å². The summed E-state index contributed by atoms with van der Waals surface area (Å²) in [4.78, 5) is 16.2. The summed E-state index contributed by atoms with van der Waals surface area (Å²) < 4.78 is 4.77. The molecule has 0 amide bonds. The minimum atomic E-state index is -0.120. The molecule has 2 aromatic rings. The van der Waals surface area contributed by atoms with Crippen molar-refractivity contribution in [2.24, 2.45) is 5.92 Å². The summed E-state index contributed by atoms with van der Waals surface area (Å²) in [5, 5.41) is 0. The molecule has 0 aromatic heterocycles. The molecule has 4 heteroatoms. The molecule has 0 radical (unpaired) electrons. The zero-order valence-electron chi connectivity index (χ0n) is 16.8. The largest absolute Gasteiger partial charge is 0.469 e. The lowest BCUT2D eigenvalue weighted by Crippen LogP contribution is -2.34. The first kappa shape index (κ1) is 21.0. The van der Waals surface area contributed by atoms with E-state index in [-0.39, 0.29) is 5.97 Å². The lowest BCUT2D eigenvalue weighted by atomic mass is 10.0. The highest BCUT2D eigenvalue weighted by Gasteiger charge is 2.14. The molecule has 0 fully saturated rings. The number of para-hydroxylation sites is 2. The van der Waals surface area contributed by atoms with Gasteiger partial charge >= 0.3 is 5.97 Å². The fraction of sp³-hybridized carbons (Fsp3) is 0.435. The molecule has 0 aliphatic rings. The van der Waals surface area contributed by atoms with Crippen LogP contribution in [0.4, 0.5) is 11.4 Å². The summed E-state index contributed by atoms with van der Waals surface area (Å²) in [6, 6.07) is 21.0. The number of hydrogen-bond donors (Lipinski definition) is 0. The molecule has 4 nitrogen and oxygen atoms in total. The fourth-order valence-corrected chi connectivity index (χ4v) is 3.17. The van der Waals surface area contributed by atoms with Crippen molar-refractivity contribution < 1.29 is 9.53 Å².